The molecule has 0 radical (unpaired) electrons. The minimum absolute atomic E-state index is 0.0266. The number of ether oxygens (including phenoxy) is 3. The standard InChI is InChI=1S/C24H34O6/c1-5-6-7-8-9-10-11-12-16-27-23-22(28-17(2)3)21-19(29-18(4)25)14-13-15-20(21)30-24(23)26/h13-15,17H,5-12,16H2,1-4H3. The number of carbonyl (C=O) groups excluding carboxylic acids is 1. The van der Waals surface area contributed by atoms with Crippen molar-refractivity contribution in [2.45, 2.75) is 85.2 Å². The van der Waals surface area contributed by atoms with Gasteiger partial charge in [0.15, 0.2) is 5.75 Å². The lowest BCUT2D eigenvalue weighted by Gasteiger charge is -2.17. The number of unbranched alkanes of at least 4 members (excludes halogenated alkanes) is 7. The Bertz CT molecular complexity index is 868. The summed E-state index contributed by atoms with van der Waals surface area (Å²) < 4.78 is 22.5. The van der Waals surface area contributed by atoms with Crippen LogP contribution < -0.4 is 19.8 Å². The summed E-state index contributed by atoms with van der Waals surface area (Å²) in [6.07, 6.45) is 9.20. The van der Waals surface area contributed by atoms with E-state index in [-0.39, 0.29) is 28.9 Å². The number of benzene rings is 1. The Morgan fingerprint density at radius 1 is 1.00 bits per heavy atom. The van der Waals surface area contributed by atoms with Crippen molar-refractivity contribution in [2.24, 2.45) is 0 Å². The molecule has 0 aliphatic rings. The molecule has 2 aromatic rings. The fraction of sp³-hybridized carbons (Fsp3) is 0.583. The second-order valence-electron chi connectivity index (χ2n) is 7.76. The molecule has 0 spiro atoms. The average Bonchev–Trinajstić information content (AvgIpc) is 2.67. The van der Waals surface area contributed by atoms with E-state index in [1.807, 2.05) is 13.8 Å². The van der Waals surface area contributed by atoms with Gasteiger partial charge in [0.2, 0.25) is 5.75 Å². The number of fused-ring (bicyclic) bond motifs is 1. The van der Waals surface area contributed by atoms with Crippen LogP contribution in [-0.4, -0.2) is 18.7 Å². The summed E-state index contributed by atoms with van der Waals surface area (Å²) in [5.74, 6) is 0.0911. The second-order valence-corrected chi connectivity index (χ2v) is 7.76. The summed E-state index contributed by atoms with van der Waals surface area (Å²) in [6, 6.07) is 4.93. The van der Waals surface area contributed by atoms with Gasteiger partial charge in [-0.15, -0.1) is 0 Å². The number of esters is 1. The van der Waals surface area contributed by atoms with Crippen LogP contribution in [0.4, 0.5) is 0 Å². The largest absolute Gasteiger partial charge is 0.486 e. The summed E-state index contributed by atoms with van der Waals surface area (Å²) in [4.78, 5) is 24.1. The van der Waals surface area contributed by atoms with Crippen LogP contribution in [-0.2, 0) is 4.79 Å². The zero-order chi connectivity index (χ0) is 21.9. The molecular formula is C24H34O6. The maximum absolute atomic E-state index is 12.6. The monoisotopic (exact) mass is 418 g/mol. The smallest absolute Gasteiger partial charge is 0.383 e. The molecule has 0 N–H and O–H groups in total. The van der Waals surface area contributed by atoms with Crippen LogP contribution in [0.2, 0.25) is 0 Å². The van der Waals surface area contributed by atoms with Gasteiger partial charge in [-0.1, -0.05) is 57.9 Å². The molecule has 1 heterocycles. The Balaban J connectivity index is 2.15. The molecule has 166 valence electrons. The predicted octanol–water partition coefficient (Wildman–Crippen LogP) is 6.03. The van der Waals surface area contributed by atoms with Crippen molar-refractivity contribution < 1.29 is 23.4 Å². The molecular weight excluding hydrogens is 384 g/mol. The molecule has 30 heavy (non-hydrogen) atoms. The van der Waals surface area contributed by atoms with E-state index in [0.29, 0.717) is 12.0 Å². The van der Waals surface area contributed by atoms with Gasteiger partial charge in [-0.3, -0.25) is 4.79 Å². The van der Waals surface area contributed by atoms with E-state index < -0.39 is 11.6 Å². The average molecular weight is 419 g/mol. The van der Waals surface area contributed by atoms with Crippen LogP contribution >= 0.6 is 0 Å². The normalized spacial score (nSPS) is 11.1. The van der Waals surface area contributed by atoms with Crippen molar-refractivity contribution in [2.75, 3.05) is 6.61 Å². The highest BCUT2D eigenvalue weighted by Crippen LogP contribution is 2.39. The molecule has 0 saturated carbocycles. The first-order valence-electron chi connectivity index (χ1n) is 11.0. The third-order valence-electron chi connectivity index (χ3n) is 4.66. The van der Waals surface area contributed by atoms with Crippen molar-refractivity contribution in [3.05, 3.63) is 28.6 Å². The third kappa shape index (κ3) is 7.08. The van der Waals surface area contributed by atoms with Crippen LogP contribution in [0.1, 0.15) is 79.1 Å². The van der Waals surface area contributed by atoms with Crippen molar-refractivity contribution >= 4 is 16.9 Å². The van der Waals surface area contributed by atoms with Crippen molar-refractivity contribution in [1.82, 2.24) is 0 Å². The van der Waals surface area contributed by atoms with Crippen molar-refractivity contribution in [3.8, 4) is 17.2 Å². The Kier molecular flexibility index (Phi) is 9.71. The Morgan fingerprint density at radius 3 is 2.30 bits per heavy atom. The topological polar surface area (TPSA) is 75.0 Å². The second kappa shape index (κ2) is 12.3. The Hall–Kier alpha value is -2.50. The quantitative estimate of drug-likeness (QED) is 0.171. The highest BCUT2D eigenvalue weighted by atomic mass is 16.5. The number of rotatable bonds is 13. The van der Waals surface area contributed by atoms with Crippen LogP contribution in [0.15, 0.2) is 27.4 Å². The van der Waals surface area contributed by atoms with Crippen LogP contribution in [0.25, 0.3) is 11.0 Å². The summed E-state index contributed by atoms with van der Waals surface area (Å²) in [7, 11) is 0. The first kappa shape index (κ1) is 23.8. The number of hydrogen-bond acceptors (Lipinski definition) is 6. The van der Waals surface area contributed by atoms with Gasteiger partial charge in [0.1, 0.15) is 16.7 Å². The van der Waals surface area contributed by atoms with E-state index in [9.17, 15) is 9.59 Å². The molecule has 0 fully saturated rings. The lowest BCUT2D eigenvalue weighted by atomic mass is 10.1. The molecule has 1 aromatic heterocycles. The fourth-order valence-electron chi connectivity index (χ4n) is 3.29. The molecule has 0 bridgehead atoms. The van der Waals surface area contributed by atoms with E-state index in [1.54, 1.807) is 18.2 Å². The summed E-state index contributed by atoms with van der Waals surface area (Å²) in [6.45, 7) is 7.65. The zero-order valence-corrected chi connectivity index (χ0v) is 18.6. The van der Waals surface area contributed by atoms with Crippen molar-refractivity contribution in [3.63, 3.8) is 0 Å². The minimum atomic E-state index is -0.599. The molecule has 0 atom stereocenters. The van der Waals surface area contributed by atoms with Gasteiger partial charge in [-0.25, -0.2) is 4.79 Å². The van der Waals surface area contributed by atoms with Crippen LogP contribution in [0.3, 0.4) is 0 Å². The maximum Gasteiger partial charge on any atom is 0.383 e. The van der Waals surface area contributed by atoms with Gasteiger partial charge in [0.05, 0.1) is 12.7 Å². The number of carbonyl (C=O) groups is 1. The fourth-order valence-corrected chi connectivity index (χ4v) is 3.29. The van der Waals surface area contributed by atoms with Gasteiger partial charge >= 0.3 is 11.6 Å². The van der Waals surface area contributed by atoms with Gasteiger partial charge in [-0.2, -0.15) is 0 Å². The molecule has 6 nitrogen and oxygen atoms in total. The highest BCUT2D eigenvalue weighted by molar-refractivity contribution is 5.93. The van der Waals surface area contributed by atoms with Crippen LogP contribution in [0, 0.1) is 0 Å². The Labute approximate surface area is 178 Å². The molecule has 0 saturated heterocycles. The molecule has 0 amide bonds. The zero-order valence-electron chi connectivity index (χ0n) is 18.6. The van der Waals surface area contributed by atoms with Gasteiger partial charge in [0, 0.05) is 6.92 Å². The first-order chi connectivity index (χ1) is 14.4. The number of hydrogen-bond donors (Lipinski definition) is 0. The van der Waals surface area contributed by atoms with Crippen LogP contribution in [0.5, 0.6) is 17.2 Å². The van der Waals surface area contributed by atoms with E-state index in [0.717, 1.165) is 19.3 Å². The highest BCUT2D eigenvalue weighted by Gasteiger charge is 2.22. The van der Waals surface area contributed by atoms with Gasteiger partial charge < -0.3 is 18.6 Å². The van der Waals surface area contributed by atoms with Gasteiger partial charge in [-0.05, 0) is 32.4 Å². The molecule has 1 aromatic carbocycles. The lowest BCUT2D eigenvalue weighted by Crippen LogP contribution is -2.15. The predicted molar refractivity (Wildman–Crippen MR) is 118 cm³/mol. The van der Waals surface area contributed by atoms with E-state index in [1.165, 1.54) is 39.0 Å². The van der Waals surface area contributed by atoms with E-state index in [2.05, 4.69) is 6.92 Å². The first-order valence-corrected chi connectivity index (χ1v) is 11.0. The lowest BCUT2D eigenvalue weighted by molar-refractivity contribution is -0.131. The van der Waals surface area contributed by atoms with E-state index in [4.69, 9.17) is 18.6 Å². The Morgan fingerprint density at radius 2 is 1.67 bits per heavy atom. The molecule has 0 unspecified atom stereocenters. The molecule has 0 aliphatic carbocycles. The maximum atomic E-state index is 12.6. The SMILES string of the molecule is CCCCCCCCCCOc1c(OC(C)C)c2c(OC(C)=O)cccc2oc1=O. The molecule has 0 aliphatic heterocycles. The molecule has 6 heteroatoms. The summed E-state index contributed by atoms with van der Waals surface area (Å²) >= 11 is 0. The third-order valence-corrected chi connectivity index (χ3v) is 4.66. The summed E-state index contributed by atoms with van der Waals surface area (Å²) in [5, 5.41) is 0.423. The van der Waals surface area contributed by atoms with Crippen molar-refractivity contribution in [1.29, 1.82) is 0 Å². The summed E-state index contributed by atoms with van der Waals surface area (Å²) in [5.41, 5.74) is -0.313. The van der Waals surface area contributed by atoms with E-state index >= 15 is 0 Å². The van der Waals surface area contributed by atoms with Gasteiger partial charge in [0.25, 0.3) is 0 Å². The minimum Gasteiger partial charge on any atom is -0.486 e. The molecule has 2 rings (SSSR count).